The van der Waals surface area contributed by atoms with Gasteiger partial charge in [0.05, 0.1) is 12.7 Å². The summed E-state index contributed by atoms with van der Waals surface area (Å²) in [5.41, 5.74) is 1.20. The lowest BCUT2D eigenvalue weighted by Gasteiger charge is -2.37. The van der Waals surface area contributed by atoms with E-state index in [0.29, 0.717) is 24.2 Å². The number of benzene rings is 1. The highest BCUT2D eigenvalue weighted by atomic mass is 28.4. The number of aliphatic hydroxyl groups excluding tert-OH is 1. The van der Waals surface area contributed by atoms with Crippen molar-refractivity contribution >= 4 is 8.32 Å². The second kappa shape index (κ2) is 26.0. The van der Waals surface area contributed by atoms with Gasteiger partial charge in [0.15, 0.2) is 8.32 Å². The molecule has 2 atom stereocenters. The van der Waals surface area contributed by atoms with Crippen LogP contribution in [-0.2, 0) is 15.8 Å². The lowest BCUT2D eigenvalue weighted by atomic mass is 10.0. The van der Waals surface area contributed by atoms with Gasteiger partial charge in [-0.15, -0.1) is 11.8 Å². The number of aliphatic hydroxyl groups is 1. The van der Waals surface area contributed by atoms with Gasteiger partial charge in [-0.05, 0) is 55.3 Å². The normalized spacial score (nSPS) is 13.4. The molecular formula is C40H72O3Si. The van der Waals surface area contributed by atoms with E-state index < -0.39 is 8.32 Å². The maximum Gasteiger partial charge on any atom is 0.191 e. The monoisotopic (exact) mass is 629 g/mol. The van der Waals surface area contributed by atoms with Gasteiger partial charge < -0.3 is 14.3 Å². The Bertz CT molecular complexity index is 836. The summed E-state index contributed by atoms with van der Waals surface area (Å²) in [7, 11) is -1.62. The van der Waals surface area contributed by atoms with E-state index in [0.717, 1.165) is 45.1 Å². The van der Waals surface area contributed by atoms with Crippen molar-refractivity contribution in [1.29, 1.82) is 0 Å². The van der Waals surface area contributed by atoms with Gasteiger partial charge >= 0.3 is 0 Å². The first-order chi connectivity index (χ1) is 21.1. The van der Waals surface area contributed by atoms with Crippen LogP contribution in [-0.4, -0.2) is 32.7 Å². The van der Waals surface area contributed by atoms with Crippen LogP contribution in [0, 0.1) is 17.8 Å². The fourth-order valence-corrected chi connectivity index (χ4v) is 6.30. The van der Waals surface area contributed by atoms with Gasteiger partial charge in [-0.2, -0.15) is 0 Å². The highest BCUT2D eigenvalue weighted by Crippen LogP contribution is 2.36. The third-order valence-electron chi connectivity index (χ3n) is 9.47. The Hall–Kier alpha value is -1.12. The Labute approximate surface area is 275 Å². The van der Waals surface area contributed by atoms with Crippen molar-refractivity contribution in [3.63, 3.8) is 0 Å². The van der Waals surface area contributed by atoms with Gasteiger partial charge in [0.25, 0.3) is 0 Å². The van der Waals surface area contributed by atoms with Crippen molar-refractivity contribution in [2.45, 2.75) is 187 Å². The Morgan fingerprint density at radius 2 is 1.18 bits per heavy atom. The van der Waals surface area contributed by atoms with E-state index in [-0.39, 0.29) is 6.10 Å². The van der Waals surface area contributed by atoms with Crippen LogP contribution in [0.3, 0.4) is 0 Å². The maximum atomic E-state index is 10.2. The van der Waals surface area contributed by atoms with E-state index in [4.69, 9.17) is 9.16 Å². The molecule has 1 rings (SSSR count). The molecule has 0 aliphatic carbocycles. The van der Waals surface area contributed by atoms with Crippen LogP contribution in [0.2, 0.25) is 18.1 Å². The van der Waals surface area contributed by atoms with Gasteiger partial charge in [-0.25, -0.2) is 0 Å². The SMILES string of the molecule is CC(CCC#CCCCCCCCCCCCCCCCCC[C@@H](O)CCOCc1ccccc1)CO[Si](C)(C)C(C)(C)C. The topological polar surface area (TPSA) is 38.7 Å². The van der Waals surface area contributed by atoms with E-state index in [1.165, 1.54) is 95.5 Å². The predicted octanol–water partition coefficient (Wildman–Crippen LogP) is 12.0. The van der Waals surface area contributed by atoms with Gasteiger partial charge in [-0.1, -0.05) is 148 Å². The molecule has 0 fully saturated rings. The number of hydrogen-bond acceptors (Lipinski definition) is 3. The summed E-state index contributed by atoms with van der Waals surface area (Å²) < 4.78 is 12.0. The second-order valence-corrected chi connectivity index (χ2v) is 19.7. The molecule has 0 radical (unpaired) electrons. The van der Waals surface area contributed by atoms with Gasteiger partial charge in [-0.3, -0.25) is 0 Å². The first-order valence-corrected chi connectivity index (χ1v) is 21.4. The molecule has 0 aromatic heterocycles. The average molecular weight is 629 g/mol. The lowest BCUT2D eigenvalue weighted by Crippen LogP contribution is -2.41. The van der Waals surface area contributed by atoms with Crippen LogP contribution in [0.25, 0.3) is 0 Å². The molecule has 1 N–H and O–H groups in total. The highest BCUT2D eigenvalue weighted by molar-refractivity contribution is 6.74. The van der Waals surface area contributed by atoms with E-state index in [2.05, 4.69) is 64.8 Å². The summed E-state index contributed by atoms with van der Waals surface area (Å²) in [6.45, 7) is 16.1. The third kappa shape index (κ3) is 23.2. The zero-order valence-corrected chi connectivity index (χ0v) is 31.1. The molecule has 0 spiro atoms. The molecule has 0 saturated heterocycles. The molecule has 1 unspecified atom stereocenters. The van der Waals surface area contributed by atoms with Gasteiger partial charge in [0.1, 0.15) is 0 Å². The molecule has 0 aliphatic rings. The highest BCUT2D eigenvalue weighted by Gasteiger charge is 2.37. The van der Waals surface area contributed by atoms with E-state index in [9.17, 15) is 5.11 Å². The molecular weight excluding hydrogens is 557 g/mol. The molecule has 4 heteroatoms. The largest absolute Gasteiger partial charge is 0.417 e. The quantitative estimate of drug-likeness (QED) is 0.0598. The van der Waals surface area contributed by atoms with E-state index >= 15 is 0 Å². The van der Waals surface area contributed by atoms with Crippen molar-refractivity contribution in [3.05, 3.63) is 35.9 Å². The minimum atomic E-state index is -1.62. The van der Waals surface area contributed by atoms with E-state index in [1.807, 2.05) is 18.2 Å². The smallest absolute Gasteiger partial charge is 0.191 e. The second-order valence-electron chi connectivity index (χ2n) is 14.9. The number of ether oxygens (including phenoxy) is 1. The average Bonchev–Trinajstić information content (AvgIpc) is 2.99. The van der Waals surface area contributed by atoms with Crippen molar-refractivity contribution in [1.82, 2.24) is 0 Å². The van der Waals surface area contributed by atoms with Crippen molar-refractivity contribution in [3.8, 4) is 11.8 Å². The zero-order valence-electron chi connectivity index (χ0n) is 30.1. The van der Waals surface area contributed by atoms with Crippen LogP contribution in [0.15, 0.2) is 30.3 Å². The first-order valence-electron chi connectivity index (χ1n) is 18.5. The fraction of sp³-hybridized carbons (Fsp3) is 0.800. The Kier molecular flexibility index (Phi) is 24.2. The molecule has 0 bridgehead atoms. The molecule has 1 aromatic carbocycles. The van der Waals surface area contributed by atoms with Crippen LogP contribution in [0.5, 0.6) is 0 Å². The van der Waals surface area contributed by atoms with Gasteiger partial charge in [0, 0.05) is 26.1 Å². The summed E-state index contributed by atoms with van der Waals surface area (Å²) >= 11 is 0. The van der Waals surface area contributed by atoms with Crippen LogP contribution in [0.4, 0.5) is 0 Å². The van der Waals surface area contributed by atoms with Crippen molar-refractivity contribution in [2.75, 3.05) is 13.2 Å². The Morgan fingerprint density at radius 1 is 0.682 bits per heavy atom. The Balaban J connectivity index is 1.77. The minimum absolute atomic E-state index is 0.215. The molecule has 3 nitrogen and oxygen atoms in total. The lowest BCUT2D eigenvalue weighted by molar-refractivity contribution is 0.0689. The summed E-state index contributed by atoms with van der Waals surface area (Å²) in [5.74, 6) is 7.41. The molecule has 0 amide bonds. The Morgan fingerprint density at radius 3 is 1.73 bits per heavy atom. The summed E-state index contributed by atoms with van der Waals surface area (Å²) in [5, 5.41) is 10.5. The minimum Gasteiger partial charge on any atom is -0.417 e. The summed E-state index contributed by atoms with van der Waals surface area (Å²) in [6, 6.07) is 10.2. The van der Waals surface area contributed by atoms with Crippen molar-refractivity contribution < 1.29 is 14.3 Å². The molecule has 0 aliphatic heterocycles. The van der Waals surface area contributed by atoms with Crippen LogP contribution in [0.1, 0.15) is 162 Å². The summed E-state index contributed by atoms with van der Waals surface area (Å²) in [6.07, 6.45) is 25.0. The molecule has 254 valence electrons. The zero-order chi connectivity index (χ0) is 32.4. The van der Waals surface area contributed by atoms with Crippen molar-refractivity contribution in [2.24, 2.45) is 5.92 Å². The van der Waals surface area contributed by atoms with Gasteiger partial charge in [0.2, 0.25) is 0 Å². The van der Waals surface area contributed by atoms with E-state index in [1.54, 1.807) is 0 Å². The van der Waals surface area contributed by atoms with Crippen LogP contribution >= 0.6 is 0 Å². The van der Waals surface area contributed by atoms with Crippen LogP contribution < -0.4 is 0 Å². The number of rotatable bonds is 27. The third-order valence-corrected chi connectivity index (χ3v) is 14.0. The first kappa shape index (κ1) is 40.9. The molecule has 0 saturated carbocycles. The standard InChI is InChI=1S/C40H72O3Si/c1-37(35-43-44(5,6)40(2,3)4)29-25-22-20-18-16-14-12-10-8-7-9-11-13-15-17-19-21-23-28-32-39(41)33-34-42-36-38-30-26-24-27-31-38/h24,26-27,30-31,37,39,41H,7-19,21,23,25,28-29,32-36H2,1-6H3/t37?,39-/m1/s1. The number of hydrogen-bond donors (Lipinski definition) is 1. The predicted molar refractivity (Wildman–Crippen MR) is 195 cm³/mol. The summed E-state index contributed by atoms with van der Waals surface area (Å²) in [4.78, 5) is 0. The number of unbranched alkanes of at least 4 members (excludes halogenated alkanes) is 15. The molecule has 0 heterocycles. The fourth-order valence-electron chi connectivity index (χ4n) is 5.17. The maximum absolute atomic E-state index is 10.2. The molecule has 44 heavy (non-hydrogen) atoms. The molecule has 1 aromatic rings.